The quantitative estimate of drug-likeness (QED) is 0.888. The van der Waals surface area contributed by atoms with E-state index in [-0.39, 0.29) is 11.7 Å². The zero-order chi connectivity index (χ0) is 13.0. The Labute approximate surface area is 112 Å². The van der Waals surface area contributed by atoms with Crippen molar-refractivity contribution < 1.29 is 9.18 Å². The van der Waals surface area contributed by atoms with Gasteiger partial charge in [-0.2, -0.15) is 0 Å². The molecule has 1 aromatic carbocycles. The summed E-state index contributed by atoms with van der Waals surface area (Å²) in [6.07, 6.45) is 4.14. The van der Waals surface area contributed by atoms with Gasteiger partial charge in [0, 0.05) is 12.1 Å². The minimum atomic E-state index is -0.301. The van der Waals surface area contributed by atoms with Crippen LogP contribution in [0.4, 0.5) is 4.39 Å². The highest BCUT2D eigenvalue weighted by molar-refractivity contribution is 5.94. The lowest BCUT2D eigenvalue weighted by molar-refractivity contribution is 0.0941. The molecule has 1 N–H and O–H groups in total. The first-order valence-electron chi connectivity index (χ1n) is 7.26. The summed E-state index contributed by atoms with van der Waals surface area (Å²) in [6, 6.07) is 5.76. The van der Waals surface area contributed by atoms with Crippen LogP contribution < -0.4 is 5.32 Å². The highest BCUT2D eigenvalue weighted by Gasteiger charge is 2.60. The summed E-state index contributed by atoms with van der Waals surface area (Å²) in [7, 11) is 0. The van der Waals surface area contributed by atoms with Crippen LogP contribution in [0, 0.1) is 35.4 Å². The van der Waals surface area contributed by atoms with E-state index in [0.29, 0.717) is 11.5 Å². The van der Waals surface area contributed by atoms with Gasteiger partial charge in [0.15, 0.2) is 0 Å². The van der Waals surface area contributed by atoms with E-state index in [0.717, 1.165) is 30.2 Å². The molecule has 2 nitrogen and oxygen atoms in total. The van der Waals surface area contributed by atoms with Crippen LogP contribution in [0.25, 0.3) is 0 Å². The van der Waals surface area contributed by atoms with Gasteiger partial charge in [-0.05, 0) is 73.1 Å². The number of carbonyl (C=O) groups is 1. The van der Waals surface area contributed by atoms with Gasteiger partial charge in [0.1, 0.15) is 5.82 Å². The lowest BCUT2D eigenvalue weighted by Crippen LogP contribution is -2.32. The fourth-order valence-corrected chi connectivity index (χ4v) is 4.51. The second-order valence-electron chi connectivity index (χ2n) is 6.44. The number of benzene rings is 1. The standard InChI is InChI=1S/C16H18FNO/c17-12-3-1-9(2-4-12)16(19)18-8-11-5-10-6-13(11)15-7-14(10)15/h1-4,10-11,13-15H,5-8H2,(H,18,19)/t10-,11-,13+,14-,15-/m0/s1. The van der Waals surface area contributed by atoms with Crippen LogP contribution in [0.2, 0.25) is 0 Å². The lowest BCUT2D eigenvalue weighted by Gasteiger charge is -2.21. The van der Waals surface area contributed by atoms with Crippen LogP contribution in [0.1, 0.15) is 29.6 Å². The third-order valence-corrected chi connectivity index (χ3v) is 5.46. The van der Waals surface area contributed by atoms with Crippen LogP contribution in [0.5, 0.6) is 0 Å². The summed E-state index contributed by atoms with van der Waals surface area (Å²) in [6.45, 7) is 0.792. The molecule has 0 aromatic heterocycles. The van der Waals surface area contributed by atoms with E-state index in [2.05, 4.69) is 5.32 Å². The molecular weight excluding hydrogens is 241 g/mol. The van der Waals surface area contributed by atoms with Gasteiger partial charge in [0.2, 0.25) is 0 Å². The van der Waals surface area contributed by atoms with Gasteiger partial charge >= 0.3 is 0 Å². The Bertz CT molecular complexity index is 512. The van der Waals surface area contributed by atoms with E-state index in [1.807, 2.05) is 0 Å². The molecule has 1 aromatic rings. The van der Waals surface area contributed by atoms with E-state index in [1.54, 1.807) is 12.1 Å². The summed E-state index contributed by atoms with van der Waals surface area (Å²) in [5, 5.41) is 3.02. The first-order valence-corrected chi connectivity index (χ1v) is 7.26. The molecule has 0 saturated heterocycles. The molecule has 0 spiro atoms. The molecule has 3 aliphatic carbocycles. The van der Waals surface area contributed by atoms with Gasteiger partial charge in [-0.25, -0.2) is 4.39 Å². The Kier molecular flexibility index (Phi) is 2.44. The van der Waals surface area contributed by atoms with Crippen molar-refractivity contribution >= 4 is 5.91 Å². The number of amides is 1. The Morgan fingerprint density at radius 2 is 1.89 bits per heavy atom. The number of halogens is 1. The van der Waals surface area contributed by atoms with Gasteiger partial charge in [0.05, 0.1) is 0 Å². The van der Waals surface area contributed by atoms with Crippen molar-refractivity contribution in [2.75, 3.05) is 6.54 Å². The molecule has 19 heavy (non-hydrogen) atoms. The predicted molar refractivity (Wildman–Crippen MR) is 70.0 cm³/mol. The largest absolute Gasteiger partial charge is 0.352 e. The Morgan fingerprint density at radius 3 is 2.58 bits per heavy atom. The maximum absolute atomic E-state index is 12.8. The minimum absolute atomic E-state index is 0.0740. The average Bonchev–Trinajstić information content (AvgIpc) is 3.03. The topological polar surface area (TPSA) is 29.1 Å². The highest BCUT2D eigenvalue weighted by Crippen LogP contribution is 2.67. The molecule has 0 heterocycles. The third-order valence-electron chi connectivity index (χ3n) is 5.46. The van der Waals surface area contributed by atoms with E-state index in [1.165, 1.54) is 31.4 Å². The van der Waals surface area contributed by atoms with E-state index in [9.17, 15) is 9.18 Å². The summed E-state index contributed by atoms with van der Waals surface area (Å²) in [5.74, 6) is 4.13. The van der Waals surface area contributed by atoms with Gasteiger partial charge < -0.3 is 5.32 Å². The van der Waals surface area contributed by atoms with Crippen molar-refractivity contribution in [1.29, 1.82) is 0 Å². The predicted octanol–water partition coefficient (Wildman–Crippen LogP) is 2.85. The van der Waals surface area contributed by atoms with Crippen LogP contribution in [-0.2, 0) is 0 Å². The molecule has 3 saturated carbocycles. The molecule has 3 fully saturated rings. The maximum atomic E-state index is 12.8. The fraction of sp³-hybridized carbons (Fsp3) is 0.562. The monoisotopic (exact) mass is 259 g/mol. The van der Waals surface area contributed by atoms with Crippen LogP contribution in [0.3, 0.4) is 0 Å². The number of carbonyl (C=O) groups excluding carboxylic acids is 1. The van der Waals surface area contributed by atoms with Crippen molar-refractivity contribution in [2.24, 2.45) is 29.6 Å². The van der Waals surface area contributed by atoms with Crippen molar-refractivity contribution in [1.82, 2.24) is 5.32 Å². The molecule has 3 aliphatic rings. The zero-order valence-electron chi connectivity index (χ0n) is 10.8. The van der Waals surface area contributed by atoms with Crippen LogP contribution in [0.15, 0.2) is 24.3 Å². The molecule has 5 atom stereocenters. The molecule has 1 amide bonds. The molecule has 100 valence electrons. The van der Waals surface area contributed by atoms with E-state index >= 15 is 0 Å². The van der Waals surface area contributed by atoms with Crippen molar-refractivity contribution in [3.63, 3.8) is 0 Å². The van der Waals surface area contributed by atoms with Crippen molar-refractivity contribution in [3.8, 4) is 0 Å². The van der Waals surface area contributed by atoms with Gasteiger partial charge in [-0.15, -0.1) is 0 Å². The van der Waals surface area contributed by atoms with Crippen LogP contribution >= 0.6 is 0 Å². The smallest absolute Gasteiger partial charge is 0.251 e. The molecule has 2 bridgehead atoms. The average molecular weight is 259 g/mol. The number of nitrogens with one attached hydrogen (secondary N) is 1. The minimum Gasteiger partial charge on any atom is -0.352 e. The molecule has 0 radical (unpaired) electrons. The summed E-state index contributed by atoms with van der Waals surface area (Å²) in [5.41, 5.74) is 0.550. The highest BCUT2D eigenvalue weighted by atomic mass is 19.1. The maximum Gasteiger partial charge on any atom is 0.251 e. The third kappa shape index (κ3) is 1.87. The van der Waals surface area contributed by atoms with E-state index in [4.69, 9.17) is 0 Å². The molecule has 0 unspecified atom stereocenters. The first-order chi connectivity index (χ1) is 9.22. The fourth-order valence-electron chi connectivity index (χ4n) is 4.51. The Morgan fingerprint density at radius 1 is 1.11 bits per heavy atom. The number of hydrogen-bond acceptors (Lipinski definition) is 1. The van der Waals surface area contributed by atoms with Gasteiger partial charge in [-0.3, -0.25) is 4.79 Å². The normalized spacial score (nSPS) is 38.1. The Balaban J connectivity index is 1.35. The second kappa shape index (κ2) is 4.06. The summed E-state index contributed by atoms with van der Waals surface area (Å²) >= 11 is 0. The first kappa shape index (κ1) is 11.4. The summed E-state index contributed by atoms with van der Waals surface area (Å²) < 4.78 is 12.8. The zero-order valence-corrected chi connectivity index (χ0v) is 10.8. The number of fused-ring (bicyclic) bond motifs is 5. The number of rotatable bonds is 3. The molecule has 3 heteroatoms. The molecular formula is C16H18FNO. The van der Waals surface area contributed by atoms with Crippen molar-refractivity contribution in [2.45, 2.75) is 19.3 Å². The summed E-state index contributed by atoms with van der Waals surface area (Å²) in [4.78, 5) is 12.0. The Hall–Kier alpha value is -1.38. The van der Waals surface area contributed by atoms with Gasteiger partial charge in [-0.1, -0.05) is 0 Å². The molecule has 0 aliphatic heterocycles. The molecule has 4 rings (SSSR count). The van der Waals surface area contributed by atoms with Gasteiger partial charge in [0.25, 0.3) is 5.91 Å². The van der Waals surface area contributed by atoms with Crippen molar-refractivity contribution in [3.05, 3.63) is 35.6 Å². The van der Waals surface area contributed by atoms with Crippen LogP contribution in [-0.4, -0.2) is 12.5 Å². The number of hydrogen-bond donors (Lipinski definition) is 1. The SMILES string of the molecule is O=C(NC[C@@H]1C[C@H]2C[C@H]1[C@@H]1C[C@@H]21)c1ccc(F)cc1. The van der Waals surface area contributed by atoms with E-state index < -0.39 is 0 Å². The second-order valence-corrected chi connectivity index (χ2v) is 6.44. The lowest BCUT2D eigenvalue weighted by atomic mass is 9.88.